The third kappa shape index (κ3) is 3.52. The molecular weight excluding hydrogens is 280 g/mol. The molecule has 1 aliphatic heterocycles. The summed E-state index contributed by atoms with van der Waals surface area (Å²) >= 11 is 1.82. The molecule has 1 aromatic heterocycles. The smallest absolute Gasteiger partial charge is 0.142 e. The van der Waals surface area contributed by atoms with Gasteiger partial charge in [0.25, 0.3) is 0 Å². The Morgan fingerprint density at radius 3 is 2.71 bits per heavy atom. The number of quaternary nitrogens is 1. The molecule has 1 aliphatic rings. The number of hydrogen-bond donors (Lipinski definition) is 2. The minimum Gasteiger partial charge on any atom is -0.507 e. The van der Waals surface area contributed by atoms with Crippen molar-refractivity contribution in [1.82, 2.24) is 0 Å². The van der Waals surface area contributed by atoms with E-state index >= 15 is 0 Å². The number of thiophene rings is 1. The minimum atomic E-state index is 0.294. The van der Waals surface area contributed by atoms with Gasteiger partial charge in [0.05, 0.1) is 24.5 Å². The molecule has 0 aliphatic carbocycles. The van der Waals surface area contributed by atoms with Crippen molar-refractivity contribution < 1.29 is 10.0 Å². The van der Waals surface area contributed by atoms with Crippen LogP contribution in [0.2, 0.25) is 0 Å². The Bertz CT molecular complexity index is 589. The summed E-state index contributed by atoms with van der Waals surface area (Å²) in [6.45, 7) is 3.27. The maximum absolute atomic E-state index is 9.78. The first-order valence-electron chi connectivity index (χ1n) is 7.50. The third-order valence-corrected chi connectivity index (χ3v) is 5.07. The van der Waals surface area contributed by atoms with Gasteiger partial charge in [-0.3, -0.25) is 4.99 Å². The van der Waals surface area contributed by atoms with Crippen LogP contribution in [0.5, 0.6) is 5.75 Å². The van der Waals surface area contributed by atoms with E-state index in [0.717, 1.165) is 12.1 Å². The van der Waals surface area contributed by atoms with E-state index in [0.29, 0.717) is 11.8 Å². The van der Waals surface area contributed by atoms with Crippen LogP contribution in [0.3, 0.4) is 0 Å². The Balaban J connectivity index is 1.71. The molecule has 1 saturated heterocycles. The molecule has 0 amide bonds. The van der Waals surface area contributed by atoms with Crippen LogP contribution < -0.4 is 4.90 Å². The number of nitrogens with zero attached hydrogens (tertiary/aromatic N) is 1. The van der Waals surface area contributed by atoms with E-state index in [9.17, 15) is 5.11 Å². The predicted octanol–water partition coefficient (Wildman–Crippen LogP) is 2.29. The van der Waals surface area contributed by atoms with Crippen LogP contribution in [0, 0.1) is 0 Å². The fourth-order valence-electron chi connectivity index (χ4n) is 2.94. The normalized spacial score (nSPS) is 17.5. The maximum atomic E-state index is 9.78. The van der Waals surface area contributed by atoms with Gasteiger partial charge in [-0.2, -0.15) is 0 Å². The highest BCUT2D eigenvalue weighted by atomic mass is 32.1. The molecule has 0 bridgehead atoms. The number of hydrogen-bond acceptors (Lipinski definition) is 3. The van der Waals surface area contributed by atoms with Crippen LogP contribution in [0.25, 0.3) is 0 Å². The molecule has 1 atom stereocenters. The van der Waals surface area contributed by atoms with Crippen LogP contribution in [0.15, 0.2) is 46.8 Å². The zero-order valence-electron chi connectivity index (χ0n) is 12.0. The number of phenols is 1. The highest BCUT2D eigenvalue weighted by Crippen LogP contribution is 2.18. The van der Waals surface area contributed by atoms with Crippen molar-refractivity contribution in [3.05, 3.63) is 52.2 Å². The van der Waals surface area contributed by atoms with E-state index in [1.165, 1.54) is 30.8 Å². The van der Waals surface area contributed by atoms with Crippen LogP contribution in [-0.4, -0.2) is 31.0 Å². The predicted molar refractivity (Wildman–Crippen MR) is 87.6 cm³/mol. The van der Waals surface area contributed by atoms with Crippen molar-refractivity contribution in [1.29, 1.82) is 0 Å². The van der Waals surface area contributed by atoms with Crippen LogP contribution in [-0.2, 0) is 0 Å². The van der Waals surface area contributed by atoms with Gasteiger partial charge in [-0.15, -0.1) is 11.3 Å². The zero-order valence-corrected chi connectivity index (χ0v) is 12.9. The van der Waals surface area contributed by atoms with Crippen LogP contribution >= 0.6 is 11.3 Å². The summed E-state index contributed by atoms with van der Waals surface area (Å²) in [5.74, 6) is 0.294. The lowest BCUT2D eigenvalue weighted by Crippen LogP contribution is -3.10. The number of nitrogens with one attached hydrogen (secondary N) is 1. The number of phenolic OH excluding ortho intramolecular Hbond substituents is 1. The lowest BCUT2D eigenvalue weighted by atomic mass is 10.2. The first kappa shape index (κ1) is 14.3. The molecule has 110 valence electrons. The minimum absolute atomic E-state index is 0.294. The molecule has 1 aromatic carbocycles. The second-order valence-corrected chi connectivity index (χ2v) is 6.47. The molecule has 4 heteroatoms. The fourth-order valence-corrected chi connectivity index (χ4v) is 3.82. The quantitative estimate of drug-likeness (QED) is 0.817. The average molecular weight is 301 g/mol. The Kier molecular flexibility index (Phi) is 4.68. The molecule has 3 nitrogen and oxygen atoms in total. The van der Waals surface area contributed by atoms with E-state index in [4.69, 9.17) is 0 Å². The van der Waals surface area contributed by atoms with E-state index in [1.54, 1.807) is 17.2 Å². The van der Waals surface area contributed by atoms with Gasteiger partial charge in [-0.25, -0.2) is 0 Å². The molecule has 2 heterocycles. The molecule has 3 rings (SSSR count). The number of rotatable bonds is 5. The molecule has 0 unspecified atom stereocenters. The number of aliphatic imine (C=N–C) groups is 1. The molecular formula is C17H21N2OS+. The Morgan fingerprint density at radius 1 is 1.19 bits per heavy atom. The highest BCUT2D eigenvalue weighted by Gasteiger charge is 2.27. The van der Waals surface area contributed by atoms with Crippen molar-refractivity contribution in [2.45, 2.75) is 18.9 Å². The van der Waals surface area contributed by atoms with Crippen molar-refractivity contribution in [2.24, 2.45) is 4.99 Å². The summed E-state index contributed by atoms with van der Waals surface area (Å²) in [6, 6.07) is 12.1. The second-order valence-electron chi connectivity index (χ2n) is 5.49. The van der Waals surface area contributed by atoms with Gasteiger partial charge in [0.2, 0.25) is 0 Å². The Labute approximate surface area is 129 Å². The van der Waals surface area contributed by atoms with E-state index in [2.05, 4.69) is 22.5 Å². The molecule has 0 saturated carbocycles. The standard InChI is InChI=1S/C17H20N2OS/c20-16-7-2-1-6-14(16)12-18-13-15(17-8-5-11-21-17)19-9-3-4-10-19/h1-2,5-8,11-12,15,20H,3-4,9-10,13H2/p+1/t15-/m0/s1. The monoisotopic (exact) mass is 301 g/mol. The number of para-hydroxylation sites is 1. The van der Waals surface area contributed by atoms with E-state index in [1.807, 2.05) is 29.5 Å². The maximum Gasteiger partial charge on any atom is 0.142 e. The third-order valence-electron chi connectivity index (χ3n) is 4.08. The molecule has 0 spiro atoms. The fraction of sp³-hybridized carbons (Fsp3) is 0.353. The lowest BCUT2D eigenvalue weighted by molar-refractivity contribution is -0.917. The molecule has 1 fully saturated rings. The van der Waals surface area contributed by atoms with Crippen LogP contribution in [0.4, 0.5) is 0 Å². The molecule has 2 N–H and O–H groups in total. The van der Waals surface area contributed by atoms with Gasteiger partial charge in [-0.1, -0.05) is 18.2 Å². The number of aromatic hydroxyl groups is 1. The average Bonchev–Trinajstić information content (AvgIpc) is 3.19. The van der Waals surface area contributed by atoms with Gasteiger partial charge >= 0.3 is 0 Å². The molecule has 0 radical (unpaired) electrons. The van der Waals surface area contributed by atoms with E-state index < -0.39 is 0 Å². The van der Waals surface area contributed by atoms with Crippen molar-refractivity contribution in [2.75, 3.05) is 19.6 Å². The van der Waals surface area contributed by atoms with Gasteiger partial charge in [0.15, 0.2) is 0 Å². The number of benzene rings is 1. The summed E-state index contributed by atoms with van der Waals surface area (Å²) in [5, 5.41) is 11.9. The Morgan fingerprint density at radius 2 is 2.00 bits per heavy atom. The summed E-state index contributed by atoms with van der Waals surface area (Å²) < 4.78 is 0. The largest absolute Gasteiger partial charge is 0.507 e. The molecule has 21 heavy (non-hydrogen) atoms. The van der Waals surface area contributed by atoms with Crippen molar-refractivity contribution in [3.63, 3.8) is 0 Å². The second kappa shape index (κ2) is 6.87. The summed E-state index contributed by atoms with van der Waals surface area (Å²) in [7, 11) is 0. The topological polar surface area (TPSA) is 37.0 Å². The lowest BCUT2D eigenvalue weighted by Gasteiger charge is -2.22. The van der Waals surface area contributed by atoms with Crippen LogP contribution in [0.1, 0.15) is 29.3 Å². The first-order chi connectivity index (χ1) is 10.3. The van der Waals surface area contributed by atoms with Crippen molar-refractivity contribution >= 4 is 17.6 Å². The van der Waals surface area contributed by atoms with Gasteiger partial charge in [0.1, 0.15) is 11.8 Å². The zero-order chi connectivity index (χ0) is 14.5. The van der Waals surface area contributed by atoms with E-state index in [-0.39, 0.29) is 0 Å². The summed E-state index contributed by atoms with van der Waals surface area (Å²) in [6.07, 6.45) is 4.44. The SMILES string of the molecule is Oc1ccccc1C=NC[C@@H](c1cccs1)[NH+]1CCCC1. The number of likely N-dealkylation sites (tertiary alicyclic amines) is 1. The molecule has 2 aromatic rings. The van der Waals surface area contributed by atoms with Gasteiger partial charge in [-0.05, 0) is 23.6 Å². The van der Waals surface area contributed by atoms with Gasteiger partial charge < -0.3 is 10.0 Å². The first-order valence-corrected chi connectivity index (χ1v) is 8.38. The summed E-state index contributed by atoms with van der Waals surface area (Å²) in [5.41, 5.74) is 0.791. The van der Waals surface area contributed by atoms with Crippen molar-refractivity contribution in [3.8, 4) is 5.75 Å². The Hall–Kier alpha value is -1.65. The van der Waals surface area contributed by atoms with Gasteiger partial charge in [0, 0.05) is 24.6 Å². The highest BCUT2D eigenvalue weighted by molar-refractivity contribution is 7.10. The summed E-state index contributed by atoms with van der Waals surface area (Å²) in [4.78, 5) is 7.67.